The first-order chi connectivity index (χ1) is 5.86. The molecule has 0 aromatic carbocycles. The summed E-state index contributed by atoms with van der Waals surface area (Å²) < 4.78 is 0. The van der Waals surface area contributed by atoms with E-state index in [1.54, 1.807) is 0 Å². The summed E-state index contributed by atoms with van der Waals surface area (Å²) in [6.45, 7) is 0. The van der Waals surface area contributed by atoms with Crippen LogP contribution in [0.25, 0.3) is 0 Å². The van der Waals surface area contributed by atoms with Crippen molar-refractivity contribution in [3.8, 4) is 0 Å². The predicted molar refractivity (Wildman–Crippen MR) is 49.8 cm³/mol. The summed E-state index contributed by atoms with van der Waals surface area (Å²) in [7, 11) is 0. The van der Waals surface area contributed by atoms with E-state index in [1.807, 2.05) is 18.2 Å². The number of hydrogen-bond donors (Lipinski definition) is 1. The molecule has 0 saturated heterocycles. The van der Waals surface area contributed by atoms with Crippen LogP contribution in [0.3, 0.4) is 0 Å². The lowest BCUT2D eigenvalue weighted by molar-refractivity contribution is 0.270. The lowest BCUT2D eigenvalue weighted by Crippen LogP contribution is -2.02. The first-order valence-electron chi connectivity index (χ1n) is 4.63. The van der Waals surface area contributed by atoms with Crippen molar-refractivity contribution in [2.45, 2.75) is 31.8 Å². The zero-order chi connectivity index (χ0) is 8.39. The van der Waals surface area contributed by atoms with E-state index in [1.165, 1.54) is 30.4 Å². The Morgan fingerprint density at radius 3 is 2.75 bits per heavy atom. The number of aliphatic hydroxyl groups excluding tert-OH is 1. The zero-order valence-electron chi connectivity index (χ0n) is 7.16. The third-order valence-corrected chi connectivity index (χ3v) is 2.53. The van der Waals surface area contributed by atoms with Gasteiger partial charge in [-0.25, -0.2) is 0 Å². The van der Waals surface area contributed by atoms with Gasteiger partial charge in [0.2, 0.25) is 0 Å². The van der Waals surface area contributed by atoms with Gasteiger partial charge in [0.05, 0.1) is 6.10 Å². The van der Waals surface area contributed by atoms with Crippen LogP contribution < -0.4 is 0 Å². The van der Waals surface area contributed by atoms with Gasteiger partial charge in [-0.3, -0.25) is 0 Å². The average Bonchev–Trinajstić information content (AvgIpc) is 2.25. The van der Waals surface area contributed by atoms with Crippen LogP contribution in [0, 0.1) is 0 Å². The number of allylic oxidation sites excluding steroid dienone is 4. The first-order valence-corrected chi connectivity index (χ1v) is 4.63. The van der Waals surface area contributed by atoms with Gasteiger partial charge in [0.25, 0.3) is 0 Å². The molecule has 0 radical (unpaired) electrons. The van der Waals surface area contributed by atoms with E-state index in [9.17, 15) is 5.11 Å². The molecule has 1 unspecified atom stereocenters. The Hall–Kier alpha value is -0.820. The molecule has 0 aliphatic heterocycles. The van der Waals surface area contributed by atoms with Gasteiger partial charge in [0.1, 0.15) is 0 Å². The van der Waals surface area contributed by atoms with E-state index in [0.717, 1.165) is 6.42 Å². The molecule has 0 bridgehead atoms. The zero-order valence-corrected chi connectivity index (χ0v) is 7.16. The number of rotatable bonds is 0. The molecule has 1 heteroatoms. The summed E-state index contributed by atoms with van der Waals surface area (Å²) in [5.74, 6) is 0. The molecule has 2 aliphatic rings. The maximum Gasteiger partial charge on any atom is 0.0911 e. The van der Waals surface area contributed by atoms with Gasteiger partial charge < -0.3 is 5.11 Å². The van der Waals surface area contributed by atoms with E-state index < -0.39 is 0 Å². The number of aliphatic hydroxyl groups is 1. The van der Waals surface area contributed by atoms with Gasteiger partial charge in [0.15, 0.2) is 0 Å². The minimum absolute atomic E-state index is 0.369. The van der Waals surface area contributed by atoms with Crippen molar-refractivity contribution in [1.29, 1.82) is 0 Å². The average molecular weight is 162 g/mol. The molecule has 1 atom stereocenters. The van der Waals surface area contributed by atoms with Crippen molar-refractivity contribution in [1.82, 2.24) is 0 Å². The minimum Gasteiger partial charge on any atom is -0.385 e. The van der Waals surface area contributed by atoms with Crippen LogP contribution in [0.15, 0.2) is 35.5 Å². The van der Waals surface area contributed by atoms with Crippen molar-refractivity contribution in [3.05, 3.63) is 35.5 Å². The van der Waals surface area contributed by atoms with Crippen molar-refractivity contribution >= 4 is 0 Å². The molecule has 1 saturated carbocycles. The van der Waals surface area contributed by atoms with E-state index in [0.29, 0.717) is 0 Å². The van der Waals surface area contributed by atoms with Crippen LogP contribution >= 0.6 is 0 Å². The van der Waals surface area contributed by atoms with E-state index >= 15 is 0 Å². The Bertz CT molecular complexity index is 258. The normalized spacial score (nSPS) is 28.6. The van der Waals surface area contributed by atoms with Crippen LogP contribution in [0.5, 0.6) is 0 Å². The second kappa shape index (κ2) is 3.28. The second-order valence-corrected chi connectivity index (χ2v) is 3.47. The summed E-state index contributed by atoms with van der Waals surface area (Å²) in [6.07, 6.45) is 12.5. The van der Waals surface area contributed by atoms with E-state index in [4.69, 9.17) is 0 Å². The monoisotopic (exact) mass is 162 g/mol. The Labute approximate surface area is 73.1 Å². The Morgan fingerprint density at radius 1 is 1.17 bits per heavy atom. The highest BCUT2D eigenvalue weighted by Gasteiger charge is 2.13. The summed E-state index contributed by atoms with van der Waals surface area (Å²) in [5, 5.41) is 9.43. The Balaban J connectivity index is 2.28. The standard InChI is InChI=1S/C11H14O/c12-11-7-3-6-9-4-1-2-5-10(9)8-11/h3,6-8,11-12H,1-2,4-5H2. The molecule has 0 aromatic rings. The highest BCUT2D eigenvalue weighted by atomic mass is 16.3. The summed E-state index contributed by atoms with van der Waals surface area (Å²) in [5.41, 5.74) is 2.78. The molecule has 12 heavy (non-hydrogen) atoms. The van der Waals surface area contributed by atoms with Crippen LogP contribution in [0.2, 0.25) is 0 Å². The fourth-order valence-corrected chi connectivity index (χ4v) is 1.88. The van der Waals surface area contributed by atoms with Crippen LogP contribution in [-0.4, -0.2) is 11.2 Å². The van der Waals surface area contributed by atoms with E-state index in [2.05, 4.69) is 6.08 Å². The molecule has 0 aromatic heterocycles. The largest absolute Gasteiger partial charge is 0.385 e. The number of hydrogen-bond acceptors (Lipinski definition) is 1. The van der Waals surface area contributed by atoms with Gasteiger partial charge >= 0.3 is 0 Å². The van der Waals surface area contributed by atoms with Crippen LogP contribution in [0.1, 0.15) is 25.7 Å². The van der Waals surface area contributed by atoms with Gasteiger partial charge in [-0.1, -0.05) is 18.2 Å². The lowest BCUT2D eigenvalue weighted by Gasteiger charge is -2.17. The Kier molecular flexibility index (Phi) is 2.13. The highest BCUT2D eigenvalue weighted by Crippen LogP contribution is 2.30. The van der Waals surface area contributed by atoms with Gasteiger partial charge in [-0.05, 0) is 42.9 Å². The third-order valence-electron chi connectivity index (χ3n) is 2.53. The molecule has 0 spiro atoms. The Morgan fingerprint density at radius 2 is 1.92 bits per heavy atom. The van der Waals surface area contributed by atoms with Crippen molar-refractivity contribution in [3.63, 3.8) is 0 Å². The van der Waals surface area contributed by atoms with Crippen molar-refractivity contribution in [2.24, 2.45) is 0 Å². The molecule has 1 N–H and O–H groups in total. The van der Waals surface area contributed by atoms with Gasteiger partial charge in [-0.2, -0.15) is 0 Å². The molecule has 0 amide bonds. The van der Waals surface area contributed by atoms with Crippen LogP contribution in [0.4, 0.5) is 0 Å². The topological polar surface area (TPSA) is 20.2 Å². The van der Waals surface area contributed by atoms with Crippen LogP contribution in [-0.2, 0) is 0 Å². The third kappa shape index (κ3) is 1.51. The lowest BCUT2D eigenvalue weighted by atomic mass is 9.89. The molecule has 0 heterocycles. The van der Waals surface area contributed by atoms with E-state index in [-0.39, 0.29) is 6.10 Å². The quantitative estimate of drug-likeness (QED) is 0.579. The molecule has 2 rings (SSSR count). The maximum atomic E-state index is 9.43. The fourth-order valence-electron chi connectivity index (χ4n) is 1.88. The maximum absolute atomic E-state index is 9.43. The first kappa shape index (κ1) is 7.81. The van der Waals surface area contributed by atoms with Gasteiger partial charge in [0, 0.05) is 0 Å². The molecule has 64 valence electrons. The minimum atomic E-state index is -0.369. The SMILES string of the molecule is OC1C=CC=C2CCCCC2=C1. The fraction of sp³-hybridized carbons (Fsp3) is 0.455. The van der Waals surface area contributed by atoms with Crippen molar-refractivity contribution < 1.29 is 5.11 Å². The number of fused-ring (bicyclic) bond motifs is 1. The smallest absolute Gasteiger partial charge is 0.0911 e. The highest BCUT2D eigenvalue weighted by molar-refractivity contribution is 5.39. The molecule has 1 nitrogen and oxygen atoms in total. The summed E-state index contributed by atoms with van der Waals surface area (Å²) in [4.78, 5) is 0. The van der Waals surface area contributed by atoms with Crippen molar-refractivity contribution in [2.75, 3.05) is 0 Å². The molecule has 2 aliphatic carbocycles. The molecular formula is C11H14O. The summed E-state index contributed by atoms with van der Waals surface area (Å²) >= 11 is 0. The second-order valence-electron chi connectivity index (χ2n) is 3.47. The summed E-state index contributed by atoms with van der Waals surface area (Å²) in [6, 6.07) is 0. The molecule has 1 fully saturated rings. The van der Waals surface area contributed by atoms with Gasteiger partial charge in [-0.15, -0.1) is 0 Å². The predicted octanol–water partition coefficient (Wildman–Crippen LogP) is 2.34. The molecular weight excluding hydrogens is 148 g/mol.